The fourth-order valence-electron chi connectivity index (χ4n) is 2.65. The molecule has 1 N–H and O–H groups in total. The smallest absolute Gasteiger partial charge is 0.311 e. The van der Waals surface area contributed by atoms with Gasteiger partial charge in [-0.25, -0.2) is 0 Å². The Bertz CT molecular complexity index is 820. The average Bonchev–Trinajstić information content (AvgIpc) is 3.04. The minimum absolute atomic E-state index is 0.0119. The van der Waals surface area contributed by atoms with E-state index in [0.29, 0.717) is 43.1 Å². The van der Waals surface area contributed by atoms with Crippen LogP contribution in [0, 0.1) is 0 Å². The number of amides is 1. The Kier molecular flexibility index (Phi) is 5.06. The van der Waals surface area contributed by atoms with Gasteiger partial charge in [-0.1, -0.05) is 25.9 Å². The highest BCUT2D eigenvalue weighted by Gasteiger charge is 2.21. The van der Waals surface area contributed by atoms with Crippen LogP contribution in [0.2, 0.25) is 0 Å². The second-order valence-electron chi connectivity index (χ2n) is 7.46. The zero-order valence-electron chi connectivity index (χ0n) is 15.3. The van der Waals surface area contributed by atoms with E-state index in [4.69, 9.17) is 9.26 Å². The summed E-state index contributed by atoms with van der Waals surface area (Å²) in [6.07, 6.45) is 2.48. The maximum absolute atomic E-state index is 12.0. The van der Waals surface area contributed by atoms with Gasteiger partial charge in [0.1, 0.15) is 5.75 Å². The first-order valence-corrected chi connectivity index (χ1v) is 8.78. The first kappa shape index (κ1) is 18.1. The Labute approximate surface area is 152 Å². The minimum Gasteiger partial charge on any atom is -0.427 e. The van der Waals surface area contributed by atoms with Crippen molar-refractivity contribution < 1.29 is 18.8 Å². The Morgan fingerprint density at radius 2 is 2.12 bits per heavy atom. The standard InChI is InChI=1S/C19H23N3O4/c1-19(2,3)18-21-16(26-22-18)5-4-6-17(24)25-13-8-9-14-12(11-13)7-10-15(23)20-14/h8-9,11H,4-7,10H2,1-3H3,(H,20,23). The lowest BCUT2D eigenvalue weighted by atomic mass is 9.96. The van der Waals surface area contributed by atoms with Crippen molar-refractivity contribution in [3.63, 3.8) is 0 Å². The van der Waals surface area contributed by atoms with Crippen molar-refractivity contribution in [1.82, 2.24) is 10.1 Å². The largest absolute Gasteiger partial charge is 0.427 e. The van der Waals surface area contributed by atoms with Crippen molar-refractivity contribution in [1.29, 1.82) is 0 Å². The Morgan fingerprint density at radius 3 is 2.85 bits per heavy atom. The highest BCUT2D eigenvalue weighted by molar-refractivity contribution is 5.94. The summed E-state index contributed by atoms with van der Waals surface area (Å²) in [4.78, 5) is 27.7. The van der Waals surface area contributed by atoms with Crippen LogP contribution in [0.25, 0.3) is 0 Å². The maximum atomic E-state index is 12.0. The van der Waals surface area contributed by atoms with Gasteiger partial charge in [-0.3, -0.25) is 9.59 Å². The number of hydrogen-bond acceptors (Lipinski definition) is 6. The van der Waals surface area contributed by atoms with Crippen LogP contribution in [0.4, 0.5) is 5.69 Å². The summed E-state index contributed by atoms with van der Waals surface area (Å²) in [6.45, 7) is 6.05. The summed E-state index contributed by atoms with van der Waals surface area (Å²) >= 11 is 0. The molecule has 1 aliphatic heterocycles. The van der Waals surface area contributed by atoms with Gasteiger partial charge in [0, 0.05) is 30.4 Å². The Morgan fingerprint density at radius 1 is 1.31 bits per heavy atom. The minimum atomic E-state index is -0.305. The second kappa shape index (κ2) is 7.27. The van der Waals surface area contributed by atoms with Crippen molar-refractivity contribution in [2.75, 3.05) is 5.32 Å². The molecule has 2 heterocycles. The van der Waals surface area contributed by atoms with Gasteiger partial charge in [0.05, 0.1) is 0 Å². The molecule has 1 amide bonds. The SMILES string of the molecule is CC(C)(C)c1noc(CCCC(=O)Oc2ccc3c(c2)CCC(=O)N3)n1. The number of nitrogens with zero attached hydrogens (tertiary/aromatic N) is 2. The number of rotatable bonds is 5. The predicted molar refractivity (Wildman–Crippen MR) is 95.0 cm³/mol. The van der Waals surface area contributed by atoms with Crippen LogP contribution in [0.3, 0.4) is 0 Å². The molecule has 0 saturated heterocycles. The van der Waals surface area contributed by atoms with E-state index in [2.05, 4.69) is 15.5 Å². The molecule has 0 bridgehead atoms. The first-order valence-electron chi connectivity index (χ1n) is 8.78. The molecular weight excluding hydrogens is 334 g/mol. The molecule has 3 rings (SSSR count). The van der Waals surface area contributed by atoms with E-state index in [1.807, 2.05) is 20.8 Å². The summed E-state index contributed by atoms with van der Waals surface area (Å²) in [5, 5.41) is 6.77. The molecule has 26 heavy (non-hydrogen) atoms. The van der Waals surface area contributed by atoms with E-state index in [1.165, 1.54) is 0 Å². The third-order valence-electron chi connectivity index (χ3n) is 4.11. The zero-order chi connectivity index (χ0) is 18.7. The molecule has 0 unspecified atom stereocenters. The van der Waals surface area contributed by atoms with E-state index in [1.54, 1.807) is 18.2 Å². The number of benzene rings is 1. The number of hydrogen-bond donors (Lipinski definition) is 1. The molecule has 0 atom stereocenters. The van der Waals surface area contributed by atoms with Gasteiger partial charge in [0.15, 0.2) is 5.82 Å². The number of aryl methyl sites for hydroxylation is 2. The number of aromatic nitrogens is 2. The van der Waals surface area contributed by atoms with Crippen molar-refractivity contribution in [3.05, 3.63) is 35.5 Å². The molecule has 1 aliphatic rings. The molecule has 7 heteroatoms. The van der Waals surface area contributed by atoms with Gasteiger partial charge in [-0.15, -0.1) is 0 Å². The van der Waals surface area contributed by atoms with Crippen LogP contribution in [0.1, 0.15) is 57.3 Å². The molecular formula is C19H23N3O4. The van der Waals surface area contributed by atoms with E-state index in [9.17, 15) is 9.59 Å². The Balaban J connectivity index is 1.49. The molecule has 0 saturated carbocycles. The molecule has 0 fully saturated rings. The number of fused-ring (bicyclic) bond motifs is 1. The fourth-order valence-corrected chi connectivity index (χ4v) is 2.65. The Hall–Kier alpha value is -2.70. The van der Waals surface area contributed by atoms with Gasteiger partial charge < -0.3 is 14.6 Å². The van der Waals surface area contributed by atoms with Gasteiger partial charge in [-0.2, -0.15) is 4.98 Å². The van der Waals surface area contributed by atoms with Crippen molar-refractivity contribution in [3.8, 4) is 5.75 Å². The molecule has 1 aromatic carbocycles. The quantitative estimate of drug-likeness (QED) is 0.652. The van der Waals surface area contributed by atoms with Crippen LogP contribution < -0.4 is 10.1 Å². The summed E-state index contributed by atoms with van der Waals surface area (Å²) in [5.41, 5.74) is 1.61. The van der Waals surface area contributed by atoms with E-state index < -0.39 is 0 Å². The summed E-state index contributed by atoms with van der Waals surface area (Å²) in [5.74, 6) is 1.40. The molecule has 0 radical (unpaired) electrons. The number of anilines is 1. The lowest BCUT2D eigenvalue weighted by Crippen LogP contribution is -2.19. The van der Waals surface area contributed by atoms with Crippen LogP contribution >= 0.6 is 0 Å². The third-order valence-corrected chi connectivity index (χ3v) is 4.11. The highest BCUT2D eigenvalue weighted by Crippen LogP contribution is 2.27. The molecule has 138 valence electrons. The maximum Gasteiger partial charge on any atom is 0.311 e. The summed E-state index contributed by atoms with van der Waals surface area (Å²) < 4.78 is 10.6. The van der Waals surface area contributed by atoms with Crippen LogP contribution in [-0.4, -0.2) is 22.0 Å². The van der Waals surface area contributed by atoms with Gasteiger partial charge >= 0.3 is 5.97 Å². The predicted octanol–water partition coefficient (Wildman–Crippen LogP) is 3.18. The van der Waals surface area contributed by atoms with E-state index >= 15 is 0 Å². The monoisotopic (exact) mass is 357 g/mol. The van der Waals surface area contributed by atoms with E-state index in [-0.39, 0.29) is 23.7 Å². The van der Waals surface area contributed by atoms with E-state index in [0.717, 1.165) is 11.3 Å². The summed E-state index contributed by atoms with van der Waals surface area (Å²) in [7, 11) is 0. The average molecular weight is 357 g/mol. The molecule has 0 aliphatic carbocycles. The molecule has 7 nitrogen and oxygen atoms in total. The van der Waals surface area contributed by atoms with Gasteiger partial charge in [-0.05, 0) is 36.6 Å². The number of esters is 1. The van der Waals surface area contributed by atoms with Crippen molar-refractivity contribution >= 4 is 17.6 Å². The molecule has 2 aromatic rings. The number of carbonyl (C=O) groups is 2. The van der Waals surface area contributed by atoms with Crippen LogP contribution in [0.5, 0.6) is 5.75 Å². The van der Waals surface area contributed by atoms with Crippen molar-refractivity contribution in [2.45, 2.75) is 58.3 Å². The van der Waals surface area contributed by atoms with Gasteiger partial charge in [0.2, 0.25) is 11.8 Å². The summed E-state index contributed by atoms with van der Waals surface area (Å²) in [6, 6.07) is 5.26. The molecule has 1 aromatic heterocycles. The fraction of sp³-hybridized carbons (Fsp3) is 0.474. The van der Waals surface area contributed by atoms with Crippen molar-refractivity contribution in [2.24, 2.45) is 0 Å². The third kappa shape index (κ3) is 4.47. The first-order chi connectivity index (χ1) is 12.3. The number of ether oxygens (including phenoxy) is 1. The highest BCUT2D eigenvalue weighted by atomic mass is 16.5. The van der Waals surface area contributed by atoms with Crippen LogP contribution in [-0.2, 0) is 27.8 Å². The zero-order valence-corrected chi connectivity index (χ0v) is 15.3. The number of nitrogens with one attached hydrogen (secondary N) is 1. The second-order valence-corrected chi connectivity index (χ2v) is 7.46. The topological polar surface area (TPSA) is 94.3 Å². The van der Waals surface area contributed by atoms with Crippen LogP contribution in [0.15, 0.2) is 22.7 Å². The lowest BCUT2D eigenvalue weighted by Gasteiger charge is -2.17. The van der Waals surface area contributed by atoms with Gasteiger partial charge in [0.25, 0.3) is 0 Å². The lowest BCUT2D eigenvalue weighted by molar-refractivity contribution is -0.134. The normalized spacial score (nSPS) is 13.9. The number of carbonyl (C=O) groups excluding carboxylic acids is 2. The molecule has 0 spiro atoms.